The first-order valence-corrected chi connectivity index (χ1v) is 6.44. The fourth-order valence-corrected chi connectivity index (χ4v) is 2.18. The molecule has 0 spiro atoms. The number of nitrogens with two attached hydrogens (primary N) is 1. The molecule has 1 unspecified atom stereocenters. The SMILES string of the molecule is CCCC(C)(CN)Nc1cc(Cl)cc(C(F)(F)F)c1. The Morgan fingerprint density at radius 1 is 1.26 bits per heavy atom. The van der Waals surface area contributed by atoms with Crippen LogP contribution in [0.25, 0.3) is 0 Å². The molecular weight excluding hydrogens is 277 g/mol. The smallest absolute Gasteiger partial charge is 0.379 e. The van der Waals surface area contributed by atoms with Crippen molar-refractivity contribution in [2.75, 3.05) is 11.9 Å². The van der Waals surface area contributed by atoms with Gasteiger partial charge < -0.3 is 11.1 Å². The van der Waals surface area contributed by atoms with Crippen LogP contribution in [0.15, 0.2) is 18.2 Å². The average Bonchev–Trinajstić information content (AvgIpc) is 2.27. The van der Waals surface area contributed by atoms with Crippen molar-refractivity contribution in [2.45, 2.75) is 38.4 Å². The van der Waals surface area contributed by atoms with Crippen LogP contribution in [-0.2, 0) is 6.18 Å². The summed E-state index contributed by atoms with van der Waals surface area (Å²) in [6.45, 7) is 4.20. The molecule has 2 nitrogen and oxygen atoms in total. The minimum absolute atomic E-state index is 0.0493. The number of alkyl halides is 3. The molecule has 1 aromatic rings. The number of anilines is 1. The van der Waals surface area contributed by atoms with E-state index in [1.165, 1.54) is 6.07 Å². The van der Waals surface area contributed by atoms with E-state index in [9.17, 15) is 13.2 Å². The van der Waals surface area contributed by atoms with E-state index in [2.05, 4.69) is 5.32 Å². The van der Waals surface area contributed by atoms with E-state index in [0.717, 1.165) is 25.0 Å². The Labute approximate surface area is 116 Å². The Morgan fingerprint density at radius 2 is 1.89 bits per heavy atom. The first-order chi connectivity index (χ1) is 8.70. The van der Waals surface area contributed by atoms with Gasteiger partial charge in [-0.15, -0.1) is 0 Å². The lowest BCUT2D eigenvalue weighted by Gasteiger charge is -2.30. The minimum Gasteiger partial charge on any atom is -0.379 e. The summed E-state index contributed by atoms with van der Waals surface area (Å²) >= 11 is 5.73. The molecule has 0 radical (unpaired) electrons. The van der Waals surface area contributed by atoms with Crippen molar-refractivity contribution in [1.82, 2.24) is 0 Å². The van der Waals surface area contributed by atoms with Gasteiger partial charge >= 0.3 is 6.18 Å². The van der Waals surface area contributed by atoms with Gasteiger partial charge in [-0.05, 0) is 31.5 Å². The molecule has 19 heavy (non-hydrogen) atoms. The molecule has 0 aliphatic heterocycles. The molecule has 0 amide bonds. The highest BCUT2D eigenvalue weighted by Crippen LogP contribution is 2.34. The topological polar surface area (TPSA) is 38.0 Å². The fraction of sp³-hybridized carbons (Fsp3) is 0.538. The Kier molecular flexibility index (Phi) is 5.10. The molecule has 0 aromatic heterocycles. The summed E-state index contributed by atoms with van der Waals surface area (Å²) in [6, 6.07) is 3.43. The van der Waals surface area contributed by atoms with Crippen molar-refractivity contribution in [2.24, 2.45) is 5.73 Å². The van der Waals surface area contributed by atoms with Crippen molar-refractivity contribution >= 4 is 17.3 Å². The van der Waals surface area contributed by atoms with Gasteiger partial charge in [-0.2, -0.15) is 13.2 Å². The molecule has 1 rings (SSSR count). The third-order valence-electron chi connectivity index (χ3n) is 2.92. The molecule has 6 heteroatoms. The summed E-state index contributed by atoms with van der Waals surface area (Å²) in [6.07, 6.45) is -2.77. The number of nitrogens with one attached hydrogen (secondary N) is 1. The predicted molar refractivity (Wildman–Crippen MR) is 72.4 cm³/mol. The van der Waals surface area contributed by atoms with Gasteiger partial charge in [0.25, 0.3) is 0 Å². The second-order valence-electron chi connectivity index (χ2n) is 4.87. The molecular formula is C13H18ClF3N2. The molecule has 3 N–H and O–H groups in total. The lowest BCUT2D eigenvalue weighted by molar-refractivity contribution is -0.137. The van der Waals surface area contributed by atoms with Crippen LogP contribution in [0.4, 0.5) is 18.9 Å². The molecule has 1 aromatic carbocycles. The number of hydrogen-bond donors (Lipinski definition) is 2. The largest absolute Gasteiger partial charge is 0.416 e. The Hall–Kier alpha value is -0.940. The third-order valence-corrected chi connectivity index (χ3v) is 3.14. The lowest BCUT2D eigenvalue weighted by atomic mass is 9.95. The second kappa shape index (κ2) is 6.01. The second-order valence-corrected chi connectivity index (χ2v) is 5.30. The van der Waals surface area contributed by atoms with Gasteiger partial charge in [0.15, 0.2) is 0 Å². The van der Waals surface area contributed by atoms with E-state index < -0.39 is 17.3 Å². The molecule has 0 saturated carbocycles. The van der Waals surface area contributed by atoms with Crippen LogP contribution in [0.1, 0.15) is 32.3 Å². The maximum absolute atomic E-state index is 12.7. The zero-order valence-corrected chi connectivity index (χ0v) is 11.7. The van der Waals surface area contributed by atoms with E-state index in [4.69, 9.17) is 17.3 Å². The molecule has 0 fully saturated rings. The van der Waals surface area contributed by atoms with Gasteiger partial charge in [0.2, 0.25) is 0 Å². The minimum atomic E-state index is -4.41. The first-order valence-electron chi connectivity index (χ1n) is 6.06. The molecule has 108 valence electrons. The van der Waals surface area contributed by atoms with Gasteiger partial charge in [0, 0.05) is 22.8 Å². The van der Waals surface area contributed by atoms with Crippen LogP contribution in [0, 0.1) is 0 Å². The monoisotopic (exact) mass is 294 g/mol. The maximum atomic E-state index is 12.7. The lowest BCUT2D eigenvalue weighted by Crippen LogP contribution is -2.42. The Balaban J connectivity index is 3.04. The van der Waals surface area contributed by atoms with Gasteiger partial charge in [0.05, 0.1) is 5.56 Å². The molecule has 0 heterocycles. The van der Waals surface area contributed by atoms with Crippen molar-refractivity contribution in [3.63, 3.8) is 0 Å². The van der Waals surface area contributed by atoms with Crippen LogP contribution in [0.5, 0.6) is 0 Å². The quantitative estimate of drug-likeness (QED) is 0.850. The predicted octanol–water partition coefficient (Wildman–Crippen LogP) is 4.29. The summed E-state index contributed by atoms with van der Waals surface area (Å²) < 4.78 is 38.1. The number of benzene rings is 1. The summed E-state index contributed by atoms with van der Waals surface area (Å²) in [5.41, 5.74) is 4.81. The maximum Gasteiger partial charge on any atom is 0.416 e. The fourth-order valence-electron chi connectivity index (χ4n) is 1.94. The van der Waals surface area contributed by atoms with Crippen LogP contribution in [0.3, 0.4) is 0 Å². The third kappa shape index (κ3) is 4.58. The molecule has 0 aliphatic rings. The van der Waals surface area contributed by atoms with E-state index >= 15 is 0 Å². The molecule has 1 atom stereocenters. The first kappa shape index (κ1) is 16.1. The highest BCUT2D eigenvalue weighted by molar-refractivity contribution is 6.30. The number of hydrogen-bond acceptors (Lipinski definition) is 2. The van der Waals surface area contributed by atoms with Gasteiger partial charge in [0.1, 0.15) is 0 Å². The van der Waals surface area contributed by atoms with E-state index in [1.807, 2.05) is 13.8 Å². The highest BCUT2D eigenvalue weighted by atomic mass is 35.5. The number of rotatable bonds is 5. The standard InChI is InChI=1S/C13H18ClF3N2/c1-3-4-12(2,8-18)19-11-6-9(13(15,16)17)5-10(14)7-11/h5-7,19H,3-4,8,18H2,1-2H3. The summed E-state index contributed by atoms with van der Waals surface area (Å²) in [5, 5.41) is 3.10. The van der Waals surface area contributed by atoms with Crippen molar-refractivity contribution in [1.29, 1.82) is 0 Å². The van der Waals surface area contributed by atoms with Gasteiger partial charge in [-0.25, -0.2) is 0 Å². The summed E-state index contributed by atoms with van der Waals surface area (Å²) in [7, 11) is 0. The van der Waals surface area contributed by atoms with Crippen molar-refractivity contribution < 1.29 is 13.2 Å². The Bertz CT molecular complexity index is 434. The van der Waals surface area contributed by atoms with Gasteiger partial charge in [-0.3, -0.25) is 0 Å². The molecule has 0 saturated heterocycles. The van der Waals surface area contributed by atoms with Crippen LogP contribution < -0.4 is 11.1 Å². The Morgan fingerprint density at radius 3 is 2.37 bits per heavy atom. The van der Waals surface area contributed by atoms with E-state index in [0.29, 0.717) is 12.2 Å². The van der Waals surface area contributed by atoms with Crippen LogP contribution in [0.2, 0.25) is 5.02 Å². The van der Waals surface area contributed by atoms with Crippen molar-refractivity contribution in [3.05, 3.63) is 28.8 Å². The summed E-state index contributed by atoms with van der Waals surface area (Å²) in [5.74, 6) is 0. The highest BCUT2D eigenvalue weighted by Gasteiger charge is 2.31. The molecule has 0 aliphatic carbocycles. The number of halogens is 4. The van der Waals surface area contributed by atoms with Crippen molar-refractivity contribution in [3.8, 4) is 0 Å². The zero-order valence-electron chi connectivity index (χ0n) is 10.9. The van der Waals surface area contributed by atoms with E-state index in [-0.39, 0.29) is 5.02 Å². The van der Waals surface area contributed by atoms with Crippen LogP contribution >= 0.6 is 11.6 Å². The zero-order chi connectivity index (χ0) is 14.7. The van der Waals surface area contributed by atoms with Gasteiger partial charge in [-0.1, -0.05) is 24.9 Å². The molecule has 0 bridgehead atoms. The normalized spacial score (nSPS) is 15.1. The van der Waals surface area contributed by atoms with Crippen LogP contribution in [-0.4, -0.2) is 12.1 Å². The summed E-state index contributed by atoms with van der Waals surface area (Å²) in [4.78, 5) is 0. The van der Waals surface area contributed by atoms with E-state index in [1.54, 1.807) is 0 Å². The average molecular weight is 295 g/mol.